The van der Waals surface area contributed by atoms with Crippen LogP contribution in [0.2, 0.25) is 0 Å². The van der Waals surface area contributed by atoms with Crippen molar-refractivity contribution in [1.82, 2.24) is 0 Å². The predicted octanol–water partition coefficient (Wildman–Crippen LogP) is 4.94. The Morgan fingerprint density at radius 2 is 0.955 bits per heavy atom. The number of benzene rings is 2. The van der Waals surface area contributed by atoms with Gasteiger partial charge in [0, 0.05) is 11.1 Å². The van der Waals surface area contributed by atoms with E-state index in [1.807, 2.05) is 0 Å². The van der Waals surface area contributed by atoms with Crippen molar-refractivity contribution in [2.75, 3.05) is 0 Å². The third-order valence-corrected chi connectivity index (χ3v) is 3.47. The summed E-state index contributed by atoms with van der Waals surface area (Å²) >= 11 is 0. The Morgan fingerprint density at radius 3 is 1.27 bits per heavy atom. The molecule has 22 heavy (non-hydrogen) atoms. The van der Waals surface area contributed by atoms with Gasteiger partial charge in [0.05, 0.1) is 11.1 Å². The first-order valence-electron chi connectivity index (χ1n) is 6.06. The number of hydrogen-bond donors (Lipinski definition) is 0. The lowest BCUT2D eigenvalue weighted by atomic mass is 10.0. The molecule has 0 fully saturated rings. The summed E-state index contributed by atoms with van der Waals surface area (Å²) in [5, 5.41) is 0. The molecule has 0 aliphatic heterocycles. The molecule has 0 radical (unpaired) electrons. The largest absolute Gasteiger partial charge is 0.416 e. The van der Waals surface area contributed by atoms with Crippen molar-refractivity contribution in [2.24, 2.45) is 0 Å². The van der Waals surface area contributed by atoms with Gasteiger partial charge in [0.2, 0.25) is 0 Å². The van der Waals surface area contributed by atoms with E-state index >= 15 is 0 Å². The molecule has 2 aromatic rings. The minimum atomic E-state index is -4.64. The maximum Gasteiger partial charge on any atom is 0.416 e. The normalized spacial score (nSPS) is 14.0. The van der Waals surface area contributed by atoms with E-state index in [1.165, 1.54) is 0 Å². The molecule has 1 aliphatic rings. The van der Waals surface area contributed by atoms with Crippen LogP contribution in [0.5, 0.6) is 0 Å². The van der Waals surface area contributed by atoms with Gasteiger partial charge in [0.25, 0.3) is 0 Å². The summed E-state index contributed by atoms with van der Waals surface area (Å²) in [6.07, 6.45) is -9.27. The van der Waals surface area contributed by atoms with E-state index < -0.39 is 29.3 Å². The SMILES string of the molecule is O=C1c2ccc(C(F)(F)F)cc2-c2cc(C(F)(F)F)ccc21. The number of ketones is 1. The second-order valence-electron chi connectivity index (χ2n) is 4.85. The highest BCUT2D eigenvalue weighted by Gasteiger charge is 2.36. The van der Waals surface area contributed by atoms with Gasteiger partial charge < -0.3 is 0 Å². The quantitative estimate of drug-likeness (QED) is 0.537. The maximum atomic E-state index is 12.7. The number of carbonyl (C=O) groups is 1. The number of rotatable bonds is 0. The summed E-state index contributed by atoms with van der Waals surface area (Å²) in [5.74, 6) is -0.576. The van der Waals surface area contributed by atoms with Crippen LogP contribution < -0.4 is 0 Å². The molecule has 2 aromatic carbocycles. The third-order valence-electron chi connectivity index (χ3n) is 3.47. The summed E-state index contributed by atoms with van der Waals surface area (Å²) in [4.78, 5) is 12.0. The fraction of sp³-hybridized carbons (Fsp3) is 0.133. The summed E-state index contributed by atoms with van der Waals surface area (Å²) in [6.45, 7) is 0. The van der Waals surface area contributed by atoms with Gasteiger partial charge in [-0.1, -0.05) is 0 Å². The minimum absolute atomic E-state index is 0.0256. The molecule has 0 heterocycles. The van der Waals surface area contributed by atoms with Crippen LogP contribution in [0, 0.1) is 0 Å². The van der Waals surface area contributed by atoms with Crippen LogP contribution in [0.1, 0.15) is 27.0 Å². The number of carbonyl (C=O) groups excluding carboxylic acids is 1. The number of hydrogen-bond acceptors (Lipinski definition) is 1. The van der Waals surface area contributed by atoms with Crippen LogP contribution in [0.3, 0.4) is 0 Å². The maximum absolute atomic E-state index is 12.7. The zero-order chi connectivity index (χ0) is 16.3. The van der Waals surface area contributed by atoms with Gasteiger partial charge in [-0.25, -0.2) is 0 Å². The molecular formula is C15H6F6O. The molecule has 0 N–H and O–H groups in total. The number of fused-ring (bicyclic) bond motifs is 3. The Bertz CT molecular complexity index is 720. The first kappa shape index (κ1) is 14.6. The molecule has 1 aliphatic carbocycles. The van der Waals surface area contributed by atoms with Crippen molar-refractivity contribution < 1.29 is 31.1 Å². The smallest absolute Gasteiger partial charge is 0.289 e. The first-order valence-corrected chi connectivity index (χ1v) is 6.06. The zero-order valence-electron chi connectivity index (χ0n) is 10.6. The summed E-state index contributed by atoms with van der Waals surface area (Å²) < 4.78 is 76.4. The first-order chi connectivity index (χ1) is 10.1. The zero-order valence-corrected chi connectivity index (χ0v) is 10.6. The molecule has 7 heteroatoms. The van der Waals surface area contributed by atoms with Gasteiger partial charge in [-0.2, -0.15) is 26.3 Å². The Hall–Kier alpha value is -2.31. The van der Waals surface area contributed by atoms with Crippen molar-refractivity contribution in [3.8, 4) is 11.1 Å². The molecule has 0 atom stereocenters. The molecule has 0 saturated carbocycles. The molecule has 0 unspecified atom stereocenters. The minimum Gasteiger partial charge on any atom is -0.289 e. The van der Waals surface area contributed by atoms with Crippen LogP contribution in [-0.4, -0.2) is 5.78 Å². The van der Waals surface area contributed by atoms with Gasteiger partial charge in [0.15, 0.2) is 5.78 Å². The molecule has 0 spiro atoms. The molecule has 0 bridgehead atoms. The topological polar surface area (TPSA) is 17.1 Å². The van der Waals surface area contributed by atoms with Crippen molar-refractivity contribution >= 4 is 5.78 Å². The molecular weight excluding hydrogens is 310 g/mol. The molecule has 0 aromatic heterocycles. The third kappa shape index (κ3) is 2.17. The van der Waals surface area contributed by atoms with E-state index in [9.17, 15) is 31.1 Å². The van der Waals surface area contributed by atoms with Crippen LogP contribution in [-0.2, 0) is 12.4 Å². The molecule has 114 valence electrons. The second kappa shape index (κ2) is 4.34. The van der Waals surface area contributed by atoms with E-state index in [2.05, 4.69) is 0 Å². The lowest BCUT2D eigenvalue weighted by Gasteiger charge is -2.10. The average Bonchev–Trinajstić information content (AvgIpc) is 2.70. The monoisotopic (exact) mass is 316 g/mol. The highest BCUT2D eigenvalue weighted by atomic mass is 19.4. The van der Waals surface area contributed by atoms with Gasteiger partial charge in [-0.15, -0.1) is 0 Å². The fourth-order valence-electron chi connectivity index (χ4n) is 2.43. The number of halogens is 6. The lowest BCUT2D eigenvalue weighted by molar-refractivity contribution is -0.138. The highest BCUT2D eigenvalue weighted by molar-refractivity contribution is 6.21. The van der Waals surface area contributed by atoms with Crippen LogP contribution >= 0.6 is 0 Å². The van der Waals surface area contributed by atoms with Crippen molar-refractivity contribution in [3.63, 3.8) is 0 Å². The van der Waals surface area contributed by atoms with Gasteiger partial charge in [0.1, 0.15) is 0 Å². The fourth-order valence-corrected chi connectivity index (χ4v) is 2.43. The Balaban J connectivity index is 2.23. The van der Waals surface area contributed by atoms with Crippen molar-refractivity contribution in [3.05, 3.63) is 58.7 Å². The van der Waals surface area contributed by atoms with E-state index in [4.69, 9.17) is 0 Å². The van der Waals surface area contributed by atoms with Gasteiger partial charge in [-0.05, 0) is 47.5 Å². The van der Waals surface area contributed by atoms with E-state index in [0.29, 0.717) is 12.1 Å². The van der Waals surface area contributed by atoms with Gasteiger partial charge >= 0.3 is 12.4 Å². The van der Waals surface area contributed by atoms with Crippen molar-refractivity contribution in [1.29, 1.82) is 0 Å². The molecule has 0 amide bonds. The van der Waals surface area contributed by atoms with E-state index in [1.54, 1.807) is 0 Å². The Morgan fingerprint density at radius 1 is 0.591 bits per heavy atom. The molecule has 3 rings (SSSR count). The Labute approximate surface area is 120 Å². The summed E-state index contributed by atoms with van der Waals surface area (Å²) in [6, 6.07) is 4.89. The summed E-state index contributed by atoms with van der Waals surface area (Å²) in [7, 11) is 0. The highest BCUT2D eigenvalue weighted by Crippen LogP contribution is 2.42. The van der Waals surface area contributed by atoms with Crippen LogP contribution in [0.15, 0.2) is 36.4 Å². The van der Waals surface area contributed by atoms with E-state index in [0.717, 1.165) is 24.3 Å². The van der Waals surface area contributed by atoms with Crippen LogP contribution in [0.4, 0.5) is 26.3 Å². The van der Waals surface area contributed by atoms with Crippen LogP contribution in [0.25, 0.3) is 11.1 Å². The van der Waals surface area contributed by atoms with Gasteiger partial charge in [-0.3, -0.25) is 4.79 Å². The standard InChI is InChI=1S/C15H6F6O/c16-14(17,18)7-1-3-9-11(5-7)12-6-8(15(19,20)21)2-4-10(12)13(9)22/h1-6H. The average molecular weight is 316 g/mol. The van der Waals surface area contributed by atoms with E-state index in [-0.39, 0.29) is 22.3 Å². The second-order valence-corrected chi connectivity index (χ2v) is 4.85. The predicted molar refractivity (Wildman–Crippen MR) is 65.3 cm³/mol. The molecule has 0 saturated heterocycles. The number of alkyl halides is 6. The summed E-state index contributed by atoms with van der Waals surface area (Å²) in [5.41, 5.74) is -2.32. The molecule has 1 nitrogen and oxygen atoms in total. The lowest BCUT2D eigenvalue weighted by Crippen LogP contribution is -2.05. The van der Waals surface area contributed by atoms with Crippen molar-refractivity contribution in [2.45, 2.75) is 12.4 Å². The Kier molecular flexibility index (Phi) is 2.89.